The number of cyclic esters (lactones) is 1. The average Bonchev–Trinajstić information content (AvgIpc) is 2.85. The van der Waals surface area contributed by atoms with E-state index < -0.39 is 20.0 Å². The molecule has 120 valence electrons. The van der Waals surface area contributed by atoms with Gasteiger partial charge in [0, 0.05) is 18.1 Å². The molecule has 0 aromatic heterocycles. The molecule has 0 N–H and O–H groups in total. The predicted octanol–water partition coefficient (Wildman–Crippen LogP) is 3.13. The van der Waals surface area contributed by atoms with Crippen molar-refractivity contribution in [3.8, 4) is 11.5 Å². The fraction of sp³-hybridized carbons (Fsp3) is 0.462. The van der Waals surface area contributed by atoms with Gasteiger partial charge < -0.3 is 14.2 Å². The summed E-state index contributed by atoms with van der Waals surface area (Å²) in [7, 11) is 2.82. The number of esters is 1. The van der Waals surface area contributed by atoms with E-state index in [1.807, 2.05) is 0 Å². The topological polar surface area (TPSA) is 87.9 Å². The third-order valence-corrected chi connectivity index (χ3v) is 6.48. The molecule has 0 bridgehead atoms. The van der Waals surface area contributed by atoms with E-state index >= 15 is 0 Å². The van der Waals surface area contributed by atoms with Crippen molar-refractivity contribution >= 4 is 43.5 Å². The molecule has 7 nitrogen and oxygen atoms in total. The maximum atomic E-state index is 12.0. The SMILES string of the molecule is COc1cc([N+](=O)[O-])cc(C(Br)C2(Br)CCOC2=O)c1OC. The molecule has 0 radical (unpaired) electrons. The van der Waals surface area contributed by atoms with Crippen molar-refractivity contribution in [1.29, 1.82) is 0 Å². The molecule has 0 saturated carbocycles. The van der Waals surface area contributed by atoms with E-state index in [4.69, 9.17) is 14.2 Å². The molecular weight excluding hydrogens is 426 g/mol. The van der Waals surface area contributed by atoms with Crippen molar-refractivity contribution in [2.24, 2.45) is 0 Å². The van der Waals surface area contributed by atoms with Gasteiger partial charge in [0.2, 0.25) is 0 Å². The summed E-state index contributed by atoms with van der Waals surface area (Å²) in [4.78, 5) is 22.0. The van der Waals surface area contributed by atoms with E-state index in [1.54, 1.807) is 0 Å². The Hall–Kier alpha value is -1.35. The predicted molar refractivity (Wildman–Crippen MR) is 85.1 cm³/mol. The monoisotopic (exact) mass is 437 g/mol. The Bertz CT molecular complexity index is 623. The van der Waals surface area contributed by atoms with Gasteiger partial charge in [-0.2, -0.15) is 0 Å². The first-order valence-corrected chi connectivity index (χ1v) is 7.96. The summed E-state index contributed by atoms with van der Waals surface area (Å²) in [6.45, 7) is 0.278. The molecule has 2 unspecified atom stereocenters. The van der Waals surface area contributed by atoms with Gasteiger partial charge in [-0.25, -0.2) is 0 Å². The Morgan fingerprint density at radius 2 is 2.09 bits per heavy atom. The number of nitrogens with zero attached hydrogens (tertiary/aromatic N) is 1. The van der Waals surface area contributed by atoms with Crippen LogP contribution in [0.5, 0.6) is 11.5 Å². The van der Waals surface area contributed by atoms with Gasteiger partial charge in [-0.3, -0.25) is 14.9 Å². The molecule has 1 aromatic rings. The summed E-state index contributed by atoms with van der Waals surface area (Å²) in [6, 6.07) is 2.63. The third-order valence-electron chi connectivity index (χ3n) is 3.42. The normalized spacial score (nSPS) is 22.1. The highest BCUT2D eigenvalue weighted by molar-refractivity contribution is 9.12. The van der Waals surface area contributed by atoms with E-state index in [9.17, 15) is 14.9 Å². The second-order valence-electron chi connectivity index (χ2n) is 4.64. The smallest absolute Gasteiger partial charge is 0.324 e. The summed E-state index contributed by atoms with van der Waals surface area (Å²) in [5.74, 6) is 0.119. The molecule has 1 fully saturated rings. The second-order valence-corrected chi connectivity index (χ2v) is 6.97. The summed E-state index contributed by atoms with van der Waals surface area (Å²) < 4.78 is 14.5. The minimum absolute atomic E-state index is 0.153. The van der Waals surface area contributed by atoms with Gasteiger partial charge in [-0.1, -0.05) is 31.9 Å². The number of nitro benzene ring substituents is 1. The van der Waals surface area contributed by atoms with E-state index in [2.05, 4.69) is 31.9 Å². The van der Waals surface area contributed by atoms with Crippen LogP contribution in [0.25, 0.3) is 0 Å². The zero-order valence-electron chi connectivity index (χ0n) is 11.8. The Morgan fingerprint density at radius 3 is 2.55 bits per heavy atom. The van der Waals surface area contributed by atoms with Crippen molar-refractivity contribution < 1.29 is 23.9 Å². The van der Waals surface area contributed by atoms with Crippen LogP contribution in [-0.2, 0) is 9.53 Å². The lowest BCUT2D eigenvalue weighted by atomic mass is 9.96. The Balaban J connectivity index is 2.59. The van der Waals surface area contributed by atoms with E-state index in [-0.39, 0.29) is 18.0 Å². The molecular formula is C13H13Br2NO6. The van der Waals surface area contributed by atoms with E-state index in [0.29, 0.717) is 17.7 Å². The van der Waals surface area contributed by atoms with Gasteiger partial charge in [-0.15, -0.1) is 0 Å². The molecule has 0 spiro atoms. The average molecular weight is 439 g/mol. The molecule has 1 saturated heterocycles. The van der Waals surface area contributed by atoms with Crippen LogP contribution in [0.15, 0.2) is 12.1 Å². The number of ether oxygens (including phenoxy) is 3. The van der Waals surface area contributed by atoms with Crippen LogP contribution in [0, 0.1) is 10.1 Å². The lowest BCUT2D eigenvalue weighted by Gasteiger charge is -2.25. The highest BCUT2D eigenvalue weighted by atomic mass is 79.9. The molecule has 2 rings (SSSR count). The summed E-state index contributed by atoms with van der Waals surface area (Å²) in [5, 5.41) is 11.1. The summed E-state index contributed by atoms with van der Waals surface area (Å²) in [6.07, 6.45) is 0.426. The first-order valence-electron chi connectivity index (χ1n) is 6.25. The van der Waals surface area contributed by atoms with E-state index in [0.717, 1.165) is 0 Å². The van der Waals surface area contributed by atoms with Crippen molar-refractivity contribution in [1.82, 2.24) is 0 Å². The molecule has 22 heavy (non-hydrogen) atoms. The molecule has 2 atom stereocenters. The number of carbonyl (C=O) groups excluding carboxylic acids is 1. The van der Waals surface area contributed by atoms with Gasteiger partial charge in [0.05, 0.1) is 36.6 Å². The van der Waals surface area contributed by atoms with Crippen LogP contribution < -0.4 is 9.47 Å². The number of hydrogen-bond acceptors (Lipinski definition) is 6. The maximum absolute atomic E-state index is 12.0. The Kier molecular flexibility index (Phi) is 4.96. The maximum Gasteiger partial charge on any atom is 0.324 e. The van der Waals surface area contributed by atoms with Crippen LogP contribution in [0.3, 0.4) is 0 Å². The van der Waals surface area contributed by atoms with Crippen molar-refractivity contribution in [2.75, 3.05) is 20.8 Å². The van der Waals surface area contributed by atoms with Crippen molar-refractivity contribution in [3.05, 3.63) is 27.8 Å². The Labute approximate surface area is 143 Å². The number of nitro groups is 1. The van der Waals surface area contributed by atoms with Crippen LogP contribution in [0.1, 0.15) is 16.8 Å². The molecule has 1 aromatic carbocycles. The second kappa shape index (κ2) is 6.41. The zero-order chi connectivity index (χ0) is 16.5. The lowest BCUT2D eigenvalue weighted by Crippen LogP contribution is -2.31. The summed E-state index contributed by atoms with van der Waals surface area (Å²) in [5.41, 5.74) is 0.281. The minimum Gasteiger partial charge on any atom is -0.493 e. The first-order chi connectivity index (χ1) is 10.3. The van der Waals surface area contributed by atoms with Crippen LogP contribution >= 0.6 is 31.9 Å². The van der Waals surface area contributed by atoms with Crippen LogP contribution in [0.2, 0.25) is 0 Å². The van der Waals surface area contributed by atoms with Crippen molar-refractivity contribution in [2.45, 2.75) is 15.6 Å². The van der Waals surface area contributed by atoms with Gasteiger partial charge in [-0.05, 0) is 0 Å². The largest absolute Gasteiger partial charge is 0.493 e. The minimum atomic E-state index is -1.01. The standard InChI is InChI=1S/C13H13Br2NO6/c1-20-9-6-7(16(18)19)5-8(10(9)21-2)11(14)13(15)3-4-22-12(13)17/h5-6,11H,3-4H2,1-2H3. The molecule has 1 heterocycles. The number of rotatable bonds is 5. The van der Waals surface area contributed by atoms with Gasteiger partial charge in [0.25, 0.3) is 5.69 Å². The third kappa shape index (κ3) is 2.79. The quantitative estimate of drug-likeness (QED) is 0.303. The number of alkyl halides is 2. The number of non-ortho nitro benzene ring substituents is 1. The lowest BCUT2D eigenvalue weighted by molar-refractivity contribution is -0.385. The fourth-order valence-corrected chi connectivity index (χ4v) is 3.54. The first kappa shape index (κ1) is 17.0. The van der Waals surface area contributed by atoms with Crippen LogP contribution in [0.4, 0.5) is 5.69 Å². The molecule has 9 heteroatoms. The zero-order valence-corrected chi connectivity index (χ0v) is 15.0. The number of methoxy groups -OCH3 is 2. The fourth-order valence-electron chi connectivity index (χ4n) is 2.26. The molecule has 1 aliphatic heterocycles. The summed E-state index contributed by atoms with van der Waals surface area (Å²) >= 11 is 6.84. The number of halogens is 2. The number of benzene rings is 1. The number of hydrogen-bond donors (Lipinski definition) is 0. The van der Waals surface area contributed by atoms with Gasteiger partial charge >= 0.3 is 5.97 Å². The molecule has 0 aliphatic carbocycles. The highest BCUT2D eigenvalue weighted by Gasteiger charge is 2.49. The van der Waals surface area contributed by atoms with Gasteiger partial charge in [0.15, 0.2) is 11.5 Å². The highest BCUT2D eigenvalue weighted by Crippen LogP contribution is 2.51. The molecule has 1 aliphatic rings. The van der Waals surface area contributed by atoms with Gasteiger partial charge in [0.1, 0.15) is 4.32 Å². The number of carbonyl (C=O) groups is 1. The molecule has 0 amide bonds. The van der Waals surface area contributed by atoms with Crippen LogP contribution in [-0.4, -0.2) is 36.0 Å². The van der Waals surface area contributed by atoms with E-state index in [1.165, 1.54) is 26.4 Å². The van der Waals surface area contributed by atoms with Crippen molar-refractivity contribution in [3.63, 3.8) is 0 Å². The Morgan fingerprint density at radius 1 is 1.41 bits per heavy atom.